The zero-order chi connectivity index (χ0) is 17.3. The van der Waals surface area contributed by atoms with E-state index >= 15 is 0 Å². The number of ether oxygens (including phenoxy) is 1. The van der Waals surface area contributed by atoms with E-state index < -0.39 is 11.5 Å². The molecule has 0 aromatic heterocycles. The van der Waals surface area contributed by atoms with Crippen LogP contribution in [0.4, 0.5) is 0 Å². The molecular weight excluding hydrogens is 294 g/mol. The Kier molecular flexibility index (Phi) is 7.75. The number of rotatable bonds is 10. The van der Waals surface area contributed by atoms with Gasteiger partial charge in [-0.1, -0.05) is 44.2 Å². The molecule has 0 fully saturated rings. The minimum absolute atomic E-state index is 0.0388. The molecule has 1 aromatic carbocycles. The lowest BCUT2D eigenvalue weighted by Gasteiger charge is -2.33. The van der Waals surface area contributed by atoms with E-state index in [-0.39, 0.29) is 18.2 Å². The standard InChI is InChI=1S/C18H27NO4/c1-14(2)18(3,12-17(21)22)19-16(20)10-7-11-23-13-15-8-5-4-6-9-15/h4-6,8-9,14H,7,10-13H2,1-3H3,(H,19,20)(H,21,22). The first kappa shape index (κ1) is 19.2. The van der Waals surface area contributed by atoms with E-state index in [1.54, 1.807) is 6.92 Å². The summed E-state index contributed by atoms with van der Waals surface area (Å²) in [5, 5.41) is 11.9. The quantitative estimate of drug-likeness (QED) is 0.650. The largest absolute Gasteiger partial charge is 0.481 e. The molecule has 1 amide bonds. The Labute approximate surface area is 138 Å². The molecule has 23 heavy (non-hydrogen) atoms. The summed E-state index contributed by atoms with van der Waals surface area (Å²) in [5.74, 6) is -1.00. The molecule has 2 N–H and O–H groups in total. The van der Waals surface area contributed by atoms with Gasteiger partial charge < -0.3 is 15.2 Å². The first-order valence-electron chi connectivity index (χ1n) is 7.98. The summed E-state index contributed by atoms with van der Waals surface area (Å²) in [6.07, 6.45) is 0.859. The Morgan fingerprint density at radius 3 is 2.48 bits per heavy atom. The van der Waals surface area contributed by atoms with E-state index in [0.29, 0.717) is 26.1 Å². The van der Waals surface area contributed by atoms with Gasteiger partial charge >= 0.3 is 5.97 Å². The molecule has 0 spiro atoms. The van der Waals surface area contributed by atoms with E-state index in [1.807, 2.05) is 44.2 Å². The maximum absolute atomic E-state index is 12.0. The Morgan fingerprint density at radius 2 is 1.91 bits per heavy atom. The molecule has 5 heteroatoms. The Balaban J connectivity index is 2.28. The van der Waals surface area contributed by atoms with Crippen molar-refractivity contribution in [3.63, 3.8) is 0 Å². The molecule has 0 radical (unpaired) electrons. The van der Waals surface area contributed by atoms with Crippen molar-refractivity contribution in [2.24, 2.45) is 5.92 Å². The van der Waals surface area contributed by atoms with E-state index in [0.717, 1.165) is 5.56 Å². The molecule has 0 aliphatic rings. The van der Waals surface area contributed by atoms with Crippen molar-refractivity contribution >= 4 is 11.9 Å². The van der Waals surface area contributed by atoms with Crippen LogP contribution >= 0.6 is 0 Å². The smallest absolute Gasteiger partial charge is 0.305 e. The molecule has 0 saturated carbocycles. The van der Waals surface area contributed by atoms with Crippen molar-refractivity contribution < 1.29 is 19.4 Å². The van der Waals surface area contributed by atoms with Gasteiger partial charge in [0.05, 0.1) is 13.0 Å². The van der Waals surface area contributed by atoms with Crippen LogP contribution in [0, 0.1) is 5.92 Å². The van der Waals surface area contributed by atoms with Crippen molar-refractivity contribution in [2.75, 3.05) is 6.61 Å². The predicted molar refractivity (Wildman–Crippen MR) is 89.0 cm³/mol. The molecule has 128 valence electrons. The monoisotopic (exact) mass is 321 g/mol. The van der Waals surface area contributed by atoms with Crippen LogP contribution in [0.3, 0.4) is 0 Å². The van der Waals surface area contributed by atoms with Gasteiger partial charge in [-0.2, -0.15) is 0 Å². The van der Waals surface area contributed by atoms with Crippen LogP contribution in [0.2, 0.25) is 0 Å². The summed E-state index contributed by atoms with van der Waals surface area (Å²) >= 11 is 0. The SMILES string of the molecule is CC(C)C(C)(CC(=O)O)NC(=O)CCCOCc1ccccc1. The molecule has 1 aromatic rings. The fourth-order valence-electron chi connectivity index (χ4n) is 2.19. The van der Waals surface area contributed by atoms with Crippen LogP contribution in [0.25, 0.3) is 0 Å². The second kappa shape index (κ2) is 9.30. The Bertz CT molecular complexity index is 501. The van der Waals surface area contributed by atoms with Gasteiger partial charge in [-0.15, -0.1) is 0 Å². The van der Waals surface area contributed by atoms with E-state index in [1.165, 1.54) is 0 Å². The van der Waals surface area contributed by atoms with Gasteiger partial charge in [-0.3, -0.25) is 9.59 Å². The van der Waals surface area contributed by atoms with Crippen LogP contribution in [0.5, 0.6) is 0 Å². The van der Waals surface area contributed by atoms with Crippen molar-refractivity contribution in [3.05, 3.63) is 35.9 Å². The van der Waals surface area contributed by atoms with Gasteiger partial charge in [-0.05, 0) is 24.8 Å². The van der Waals surface area contributed by atoms with E-state index in [4.69, 9.17) is 9.84 Å². The van der Waals surface area contributed by atoms with Crippen LogP contribution in [0.1, 0.15) is 45.6 Å². The number of benzene rings is 1. The first-order valence-corrected chi connectivity index (χ1v) is 7.98. The summed E-state index contributed by atoms with van der Waals surface area (Å²) in [6, 6.07) is 9.86. The molecule has 1 rings (SSSR count). The molecule has 0 aliphatic heterocycles. The van der Waals surface area contributed by atoms with E-state index in [2.05, 4.69) is 5.32 Å². The Hall–Kier alpha value is -1.88. The van der Waals surface area contributed by atoms with Crippen molar-refractivity contribution in [1.82, 2.24) is 5.32 Å². The highest BCUT2D eigenvalue weighted by Crippen LogP contribution is 2.21. The van der Waals surface area contributed by atoms with Crippen LogP contribution < -0.4 is 5.32 Å². The van der Waals surface area contributed by atoms with Crippen molar-refractivity contribution in [1.29, 1.82) is 0 Å². The third kappa shape index (κ3) is 7.28. The molecular formula is C18H27NO4. The number of carboxylic acids is 1. The van der Waals surface area contributed by atoms with Gasteiger partial charge in [-0.25, -0.2) is 0 Å². The second-order valence-electron chi connectivity index (χ2n) is 6.33. The third-order valence-electron chi connectivity index (χ3n) is 4.02. The zero-order valence-electron chi connectivity index (χ0n) is 14.2. The van der Waals surface area contributed by atoms with Crippen molar-refractivity contribution in [3.8, 4) is 0 Å². The second-order valence-corrected chi connectivity index (χ2v) is 6.33. The van der Waals surface area contributed by atoms with Crippen LogP contribution in [-0.4, -0.2) is 29.1 Å². The molecule has 0 saturated heterocycles. The summed E-state index contributed by atoms with van der Waals surface area (Å²) in [6.45, 7) is 6.62. The number of aliphatic carboxylic acids is 1. The lowest BCUT2D eigenvalue weighted by atomic mass is 9.85. The third-order valence-corrected chi connectivity index (χ3v) is 4.02. The fourth-order valence-corrected chi connectivity index (χ4v) is 2.19. The average Bonchev–Trinajstić information content (AvgIpc) is 2.46. The number of carboxylic acid groups (broad SMARTS) is 1. The van der Waals surface area contributed by atoms with Gasteiger partial charge in [0, 0.05) is 18.6 Å². The maximum Gasteiger partial charge on any atom is 0.305 e. The molecule has 0 aliphatic carbocycles. The summed E-state index contributed by atoms with van der Waals surface area (Å²) in [4.78, 5) is 23.0. The lowest BCUT2D eigenvalue weighted by molar-refractivity contribution is -0.139. The number of hydrogen-bond donors (Lipinski definition) is 2. The molecule has 0 heterocycles. The molecule has 5 nitrogen and oxygen atoms in total. The average molecular weight is 321 g/mol. The van der Waals surface area contributed by atoms with Gasteiger partial charge in [0.1, 0.15) is 0 Å². The number of carbonyl (C=O) groups is 2. The molecule has 1 unspecified atom stereocenters. The highest BCUT2D eigenvalue weighted by atomic mass is 16.5. The Morgan fingerprint density at radius 1 is 1.26 bits per heavy atom. The fraction of sp³-hybridized carbons (Fsp3) is 0.556. The van der Waals surface area contributed by atoms with Gasteiger partial charge in [0.2, 0.25) is 5.91 Å². The highest BCUT2D eigenvalue weighted by molar-refractivity contribution is 5.78. The minimum Gasteiger partial charge on any atom is -0.481 e. The normalized spacial score (nSPS) is 13.6. The minimum atomic E-state index is -0.910. The molecule has 1 atom stereocenters. The van der Waals surface area contributed by atoms with Crippen molar-refractivity contribution in [2.45, 2.75) is 52.2 Å². The molecule has 0 bridgehead atoms. The number of carbonyl (C=O) groups excluding carboxylic acids is 1. The summed E-state index contributed by atoms with van der Waals surface area (Å²) in [5.41, 5.74) is 0.374. The number of nitrogens with one attached hydrogen (secondary N) is 1. The topological polar surface area (TPSA) is 75.6 Å². The first-order chi connectivity index (χ1) is 10.8. The zero-order valence-corrected chi connectivity index (χ0v) is 14.2. The highest BCUT2D eigenvalue weighted by Gasteiger charge is 2.32. The summed E-state index contributed by atoms with van der Waals surface area (Å²) in [7, 11) is 0. The number of hydrogen-bond acceptors (Lipinski definition) is 3. The number of amides is 1. The van der Waals surface area contributed by atoms with E-state index in [9.17, 15) is 9.59 Å². The van der Waals surface area contributed by atoms with Gasteiger partial charge in [0.25, 0.3) is 0 Å². The van der Waals surface area contributed by atoms with Crippen LogP contribution in [0.15, 0.2) is 30.3 Å². The van der Waals surface area contributed by atoms with Gasteiger partial charge in [0.15, 0.2) is 0 Å². The lowest BCUT2D eigenvalue weighted by Crippen LogP contribution is -2.51. The summed E-state index contributed by atoms with van der Waals surface area (Å²) < 4.78 is 5.54. The maximum atomic E-state index is 12.0. The van der Waals surface area contributed by atoms with Crippen LogP contribution in [-0.2, 0) is 20.9 Å². The predicted octanol–water partition coefficient (Wildman–Crippen LogP) is 2.99.